The Morgan fingerprint density at radius 2 is 2.10 bits per heavy atom. The zero-order valence-electron chi connectivity index (χ0n) is 12.5. The fourth-order valence-electron chi connectivity index (χ4n) is 3.23. The van der Waals surface area contributed by atoms with Crippen LogP contribution in [0.2, 0.25) is 0 Å². The van der Waals surface area contributed by atoms with Gasteiger partial charge in [0, 0.05) is 12.7 Å². The number of fused-ring (bicyclic) bond motifs is 1. The number of hydrogen-bond acceptors (Lipinski definition) is 2. The number of aryl methyl sites for hydroxylation is 1. The molecule has 0 saturated carbocycles. The van der Waals surface area contributed by atoms with Gasteiger partial charge >= 0.3 is 0 Å². The molecule has 0 bridgehead atoms. The average molecular weight is 298 g/mol. The molecule has 0 saturated heterocycles. The molecule has 2 rings (SSSR count). The number of ether oxygens (including phenoxy) is 1. The van der Waals surface area contributed by atoms with Crippen LogP contribution in [-0.2, 0) is 30.4 Å². The smallest absolute Gasteiger partial charge is 0.249 e. The quantitative estimate of drug-likeness (QED) is 0.929. The van der Waals surface area contributed by atoms with Gasteiger partial charge in [0.05, 0.1) is 6.10 Å². The number of nitrogens with two attached hydrogens (primary N) is 1. The number of amides is 1. The van der Waals surface area contributed by atoms with Gasteiger partial charge in [0.1, 0.15) is 0 Å². The topological polar surface area (TPSA) is 52.3 Å². The monoisotopic (exact) mass is 297 g/mol. The molecule has 0 aliphatic heterocycles. The van der Waals surface area contributed by atoms with Gasteiger partial charge in [-0.2, -0.15) is 0 Å². The largest absolute Gasteiger partial charge is 0.381 e. The summed E-state index contributed by atoms with van der Waals surface area (Å²) in [5, 5.41) is 0. The van der Waals surface area contributed by atoms with Crippen molar-refractivity contribution in [1.82, 2.24) is 0 Å². The average Bonchev–Trinajstić information content (AvgIpc) is 2.43. The van der Waals surface area contributed by atoms with Crippen LogP contribution >= 0.6 is 12.4 Å². The van der Waals surface area contributed by atoms with Gasteiger partial charge in [0.15, 0.2) is 0 Å². The summed E-state index contributed by atoms with van der Waals surface area (Å²) in [5.74, 6) is -0.287. The minimum Gasteiger partial charge on any atom is -0.381 e. The summed E-state index contributed by atoms with van der Waals surface area (Å²) < 4.78 is 5.48. The lowest BCUT2D eigenvalue weighted by Gasteiger charge is -2.27. The van der Waals surface area contributed by atoms with E-state index >= 15 is 0 Å². The van der Waals surface area contributed by atoms with Crippen LogP contribution in [0.15, 0.2) is 6.07 Å². The van der Waals surface area contributed by atoms with Crippen molar-refractivity contribution in [1.29, 1.82) is 0 Å². The summed E-state index contributed by atoms with van der Waals surface area (Å²) in [7, 11) is 1.77. The molecule has 0 heterocycles. The van der Waals surface area contributed by atoms with Crippen LogP contribution < -0.4 is 5.73 Å². The lowest BCUT2D eigenvalue weighted by molar-refractivity contribution is 0.0909. The summed E-state index contributed by atoms with van der Waals surface area (Å²) in [6.07, 6.45) is 4.98. The highest BCUT2D eigenvalue weighted by Gasteiger charge is 2.25. The normalized spacial score (nSPS) is 17.2. The number of benzene rings is 1. The number of carbonyl (C=O) groups excluding carboxylic acids is 1. The van der Waals surface area contributed by atoms with E-state index in [1.807, 2.05) is 0 Å². The molecule has 1 aromatic carbocycles. The van der Waals surface area contributed by atoms with E-state index in [2.05, 4.69) is 19.9 Å². The number of primary amides is 1. The molecule has 2 N–H and O–H groups in total. The fraction of sp³-hybridized carbons (Fsp3) is 0.562. The fourth-order valence-corrected chi connectivity index (χ4v) is 3.23. The summed E-state index contributed by atoms with van der Waals surface area (Å²) in [6, 6.07) is 2.17. The Balaban J connectivity index is 0.00000200. The van der Waals surface area contributed by atoms with Gasteiger partial charge in [-0.05, 0) is 54.4 Å². The zero-order chi connectivity index (χ0) is 14.0. The Hall–Kier alpha value is -1.06. The van der Waals surface area contributed by atoms with Crippen molar-refractivity contribution in [2.75, 3.05) is 7.11 Å². The minimum absolute atomic E-state index is 0. The Morgan fingerprint density at radius 3 is 2.60 bits per heavy atom. The standard InChI is InChI=1S/C16H23NO2.ClH/c1-4-10-8-11-9-12(19-3)6-7-14(11)13(5-2)15(10)16(17)18;/h8,12H,4-7,9H2,1-3H3,(H2,17,18);1H. The van der Waals surface area contributed by atoms with E-state index < -0.39 is 0 Å². The predicted octanol–water partition coefficient (Wildman–Crippen LogP) is 2.84. The molecule has 1 atom stereocenters. The first-order chi connectivity index (χ1) is 9.12. The van der Waals surface area contributed by atoms with Crippen LogP contribution in [-0.4, -0.2) is 19.1 Å². The highest BCUT2D eigenvalue weighted by Crippen LogP contribution is 2.31. The van der Waals surface area contributed by atoms with Crippen molar-refractivity contribution < 1.29 is 9.53 Å². The molecule has 0 aromatic heterocycles. The molecule has 0 spiro atoms. The van der Waals surface area contributed by atoms with E-state index in [0.29, 0.717) is 6.10 Å². The number of hydrogen-bond donors (Lipinski definition) is 1. The molecular formula is C16H24ClNO2. The summed E-state index contributed by atoms with van der Waals surface area (Å²) in [6.45, 7) is 4.17. The van der Waals surface area contributed by atoms with E-state index in [9.17, 15) is 4.79 Å². The maximum absolute atomic E-state index is 11.8. The SMILES string of the molecule is CCc1cc2c(c(CC)c1C(N)=O)CCC(OC)C2.Cl. The van der Waals surface area contributed by atoms with Gasteiger partial charge in [-0.1, -0.05) is 19.9 Å². The maximum atomic E-state index is 11.8. The van der Waals surface area contributed by atoms with Gasteiger partial charge in [-0.3, -0.25) is 4.79 Å². The number of halogens is 1. The van der Waals surface area contributed by atoms with Crippen LogP contribution in [0.25, 0.3) is 0 Å². The lowest BCUT2D eigenvalue weighted by Crippen LogP contribution is -2.25. The van der Waals surface area contributed by atoms with Gasteiger partial charge in [-0.15, -0.1) is 12.4 Å². The zero-order valence-corrected chi connectivity index (χ0v) is 13.3. The van der Waals surface area contributed by atoms with E-state index in [1.54, 1.807) is 7.11 Å². The maximum Gasteiger partial charge on any atom is 0.249 e. The van der Waals surface area contributed by atoms with Crippen LogP contribution in [0.4, 0.5) is 0 Å². The number of carbonyl (C=O) groups is 1. The highest BCUT2D eigenvalue weighted by atomic mass is 35.5. The number of methoxy groups -OCH3 is 1. The number of rotatable bonds is 4. The molecule has 0 radical (unpaired) electrons. The lowest BCUT2D eigenvalue weighted by atomic mass is 9.81. The van der Waals surface area contributed by atoms with Crippen LogP contribution in [0.3, 0.4) is 0 Å². The van der Waals surface area contributed by atoms with E-state index in [-0.39, 0.29) is 18.3 Å². The molecule has 1 aliphatic carbocycles. The van der Waals surface area contributed by atoms with Gasteiger partial charge < -0.3 is 10.5 Å². The van der Waals surface area contributed by atoms with Crippen molar-refractivity contribution in [2.24, 2.45) is 5.73 Å². The van der Waals surface area contributed by atoms with Crippen molar-refractivity contribution in [3.05, 3.63) is 33.9 Å². The Labute approximate surface area is 127 Å². The predicted molar refractivity (Wildman–Crippen MR) is 83.8 cm³/mol. The molecule has 1 unspecified atom stereocenters. The van der Waals surface area contributed by atoms with Gasteiger partial charge in [0.25, 0.3) is 0 Å². The molecule has 0 fully saturated rings. The second kappa shape index (κ2) is 7.09. The third kappa shape index (κ3) is 2.99. The second-order valence-electron chi connectivity index (χ2n) is 5.20. The second-order valence-corrected chi connectivity index (χ2v) is 5.20. The summed E-state index contributed by atoms with van der Waals surface area (Å²) in [4.78, 5) is 11.8. The molecule has 1 aromatic rings. The molecule has 1 aliphatic rings. The van der Waals surface area contributed by atoms with Gasteiger partial charge in [-0.25, -0.2) is 0 Å². The molecule has 20 heavy (non-hydrogen) atoms. The van der Waals surface area contributed by atoms with Crippen molar-refractivity contribution >= 4 is 18.3 Å². The Morgan fingerprint density at radius 1 is 1.40 bits per heavy atom. The molecule has 3 nitrogen and oxygen atoms in total. The van der Waals surface area contributed by atoms with E-state index in [0.717, 1.165) is 48.8 Å². The van der Waals surface area contributed by atoms with Crippen molar-refractivity contribution in [3.63, 3.8) is 0 Å². The van der Waals surface area contributed by atoms with Crippen LogP contribution in [0.1, 0.15) is 52.9 Å². The molecule has 1 amide bonds. The first-order valence-electron chi connectivity index (χ1n) is 7.11. The first-order valence-corrected chi connectivity index (χ1v) is 7.11. The van der Waals surface area contributed by atoms with Crippen LogP contribution in [0.5, 0.6) is 0 Å². The minimum atomic E-state index is -0.287. The third-order valence-corrected chi connectivity index (χ3v) is 4.20. The summed E-state index contributed by atoms with van der Waals surface area (Å²) in [5.41, 5.74) is 11.3. The van der Waals surface area contributed by atoms with Crippen LogP contribution in [0, 0.1) is 0 Å². The molecular weight excluding hydrogens is 274 g/mol. The Bertz CT molecular complexity index is 500. The van der Waals surface area contributed by atoms with E-state index in [4.69, 9.17) is 10.5 Å². The van der Waals surface area contributed by atoms with E-state index in [1.165, 1.54) is 11.1 Å². The summed E-state index contributed by atoms with van der Waals surface area (Å²) >= 11 is 0. The van der Waals surface area contributed by atoms with Crippen molar-refractivity contribution in [2.45, 2.75) is 52.1 Å². The van der Waals surface area contributed by atoms with Gasteiger partial charge in [0.2, 0.25) is 5.91 Å². The molecule has 4 heteroatoms. The first kappa shape index (κ1) is 17.0. The molecule has 112 valence electrons. The Kier molecular flexibility index (Phi) is 6.03. The third-order valence-electron chi connectivity index (χ3n) is 4.20. The van der Waals surface area contributed by atoms with Crippen molar-refractivity contribution in [3.8, 4) is 0 Å². The highest BCUT2D eigenvalue weighted by molar-refractivity contribution is 5.96.